The molecule has 0 fully saturated rings. The van der Waals surface area contributed by atoms with Gasteiger partial charge in [0.05, 0.1) is 11.5 Å². The Morgan fingerprint density at radius 2 is 1.80 bits per heavy atom. The summed E-state index contributed by atoms with van der Waals surface area (Å²) >= 11 is 0. The zero-order chi connectivity index (χ0) is 18.0. The van der Waals surface area contributed by atoms with Gasteiger partial charge >= 0.3 is 5.97 Å². The maximum atomic E-state index is 13.0. The summed E-state index contributed by atoms with van der Waals surface area (Å²) in [5.41, 5.74) is 1.70. The maximum Gasteiger partial charge on any atom is 0.322 e. The van der Waals surface area contributed by atoms with Crippen LogP contribution in [0, 0.1) is 0 Å². The molecular weight excluding hydrogens is 342 g/mol. The molecule has 1 heterocycles. The van der Waals surface area contributed by atoms with E-state index in [-0.39, 0.29) is 17.9 Å². The smallest absolute Gasteiger partial charge is 0.322 e. The molecule has 0 radical (unpaired) electrons. The number of hydrogen-bond acceptors (Lipinski definition) is 4. The lowest BCUT2D eigenvalue weighted by Crippen LogP contribution is -2.48. The molecule has 0 aromatic heterocycles. The average Bonchev–Trinajstić information content (AvgIpc) is 2.61. The van der Waals surface area contributed by atoms with Gasteiger partial charge in [-0.15, -0.1) is 0 Å². The van der Waals surface area contributed by atoms with Gasteiger partial charge in [0.15, 0.2) is 0 Å². The Labute approximate surface area is 146 Å². The first-order valence-corrected chi connectivity index (χ1v) is 9.41. The molecule has 0 saturated carbocycles. The van der Waals surface area contributed by atoms with Gasteiger partial charge in [-0.1, -0.05) is 24.3 Å². The summed E-state index contributed by atoms with van der Waals surface area (Å²) in [4.78, 5) is 11.7. The van der Waals surface area contributed by atoms with Crippen LogP contribution in [0.3, 0.4) is 0 Å². The summed E-state index contributed by atoms with van der Waals surface area (Å²) in [5, 5.41) is 9.53. The first kappa shape index (κ1) is 17.4. The Hall–Kier alpha value is -2.38. The molecule has 2 aromatic carbocycles. The molecule has 25 heavy (non-hydrogen) atoms. The first-order valence-electron chi connectivity index (χ1n) is 7.97. The van der Waals surface area contributed by atoms with E-state index in [0.717, 1.165) is 15.4 Å². The zero-order valence-corrected chi connectivity index (χ0v) is 14.6. The highest BCUT2D eigenvalue weighted by Crippen LogP contribution is 2.29. The van der Waals surface area contributed by atoms with E-state index >= 15 is 0 Å². The van der Waals surface area contributed by atoms with Gasteiger partial charge in [-0.2, -0.15) is 4.31 Å². The molecule has 0 saturated heterocycles. The Kier molecular flexibility index (Phi) is 4.78. The third-order valence-electron chi connectivity index (χ3n) is 4.23. The highest BCUT2D eigenvalue weighted by molar-refractivity contribution is 7.89. The van der Waals surface area contributed by atoms with Gasteiger partial charge in [-0.3, -0.25) is 4.79 Å². The molecule has 2 aromatic rings. The topological polar surface area (TPSA) is 83.9 Å². The summed E-state index contributed by atoms with van der Waals surface area (Å²) in [6, 6.07) is 12.2. The number of carbonyl (C=O) groups is 1. The Balaban J connectivity index is 1.98. The number of nitrogens with zero attached hydrogens (tertiary/aromatic N) is 1. The normalized spacial score (nSPS) is 17.7. The molecule has 132 valence electrons. The number of sulfonamides is 1. The molecule has 0 aliphatic carbocycles. The summed E-state index contributed by atoms with van der Waals surface area (Å²) in [6.45, 7) is 2.37. The molecule has 3 rings (SSSR count). The van der Waals surface area contributed by atoms with Crippen molar-refractivity contribution in [2.24, 2.45) is 0 Å². The van der Waals surface area contributed by atoms with Crippen LogP contribution >= 0.6 is 0 Å². The highest BCUT2D eigenvalue weighted by Gasteiger charge is 2.39. The maximum absolute atomic E-state index is 13.0. The number of hydrogen-bond donors (Lipinski definition) is 1. The van der Waals surface area contributed by atoms with E-state index in [0.29, 0.717) is 12.4 Å². The standard InChI is InChI=1S/C18H19NO5S/c1-2-24-15-7-9-16(10-8-15)25(22,23)19-12-14-6-4-3-5-13(14)11-17(19)18(20)21/h3-10,17H,2,11-12H2,1H3,(H,20,21)/t17-/m0/s1. The van der Waals surface area contributed by atoms with Crippen molar-refractivity contribution in [1.29, 1.82) is 0 Å². The van der Waals surface area contributed by atoms with Gasteiger partial charge in [0, 0.05) is 13.0 Å². The number of ether oxygens (including phenoxy) is 1. The van der Waals surface area contributed by atoms with Gasteiger partial charge in [0.1, 0.15) is 11.8 Å². The largest absolute Gasteiger partial charge is 0.494 e. The van der Waals surface area contributed by atoms with Crippen molar-refractivity contribution in [3.63, 3.8) is 0 Å². The van der Waals surface area contributed by atoms with Gasteiger partial charge in [0.25, 0.3) is 0 Å². The molecule has 7 heteroatoms. The van der Waals surface area contributed by atoms with Crippen molar-refractivity contribution in [3.8, 4) is 5.75 Å². The van der Waals surface area contributed by atoms with Crippen molar-refractivity contribution in [2.45, 2.75) is 30.8 Å². The molecule has 1 atom stereocenters. The average molecular weight is 361 g/mol. The molecule has 1 aliphatic heterocycles. The van der Waals surface area contributed by atoms with E-state index in [1.165, 1.54) is 12.1 Å². The van der Waals surface area contributed by atoms with Crippen molar-refractivity contribution in [2.75, 3.05) is 6.61 Å². The van der Waals surface area contributed by atoms with Crippen LogP contribution in [0.15, 0.2) is 53.4 Å². The van der Waals surface area contributed by atoms with Crippen LogP contribution in [0.25, 0.3) is 0 Å². The van der Waals surface area contributed by atoms with Crippen molar-refractivity contribution in [3.05, 3.63) is 59.7 Å². The van der Waals surface area contributed by atoms with Crippen LogP contribution < -0.4 is 4.74 Å². The van der Waals surface area contributed by atoms with Crippen LogP contribution in [0.1, 0.15) is 18.1 Å². The minimum Gasteiger partial charge on any atom is -0.494 e. The molecule has 6 nitrogen and oxygen atoms in total. The number of carboxylic acids is 1. The zero-order valence-electron chi connectivity index (χ0n) is 13.8. The van der Waals surface area contributed by atoms with E-state index in [1.807, 2.05) is 31.2 Å². The second kappa shape index (κ2) is 6.85. The monoisotopic (exact) mass is 361 g/mol. The SMILES string of the molecule is CCOc1ccc(S(=O)(=O)N2Cc3ccccc3C[C@H]2C(=O)O)cc1. The molecular formula is C18H19NO5S. The van der Waals surface area contributed by atoms with E-state index in [2.05, 4.69) is 0 Å². The third-order valence-corrected chi connectivity index (χ3v) is 6.10. The van der Waals surface area contributed by atoms with Gasteiger partial charge in [-0.05, 0) is 42.3 Å². The Morgan fingerprint density at radius 3 is 2.40 bits per heavy atom. The second-order valence-electron chi connectivity index (χ2n) is 5.78. The fourth-order valence-electron chi connectivity index (χ4n) is 2.97. The quantitative estimate of drug-likeness (QED) is 0.883. The lowest BCUT2D eigenvalue weighted by molar-refractivity contribution is -0.141. The van der Waals surface area contributed by atoms with E-state index < -0.39 is 22.0 Å². The van der Waals surface area contributed by atoms with Gasteiger partial charge in [-0.25, -0.2) is 8.42 Å². The molecule has 0 bridgehead atoms. The lowest BCUT2D eigenvalue weighted by atomic mass is 9.96. The van der Waals surface area contributed by atoms with E-state index in [4.69, 9.17) is 4.74 Å². The molecule has 1 aliphatic rings. The minimum absolute atomic E-state index is 0.0443. The fraction of sp³-hybridized carbons (Fsp3) is 0.278. The predicted molar refractivity (Wildman–Crippen MR) is 91.9 cm³/mol. The van der Waals surface area contributed by atoms with Crippen molar-refractivity contribution in [1.82, 2.24) is 4.31 Å². The number of fused-ring (bicyclic) bond motifs is 1. The lowest BCUT2D eigenvalue weighted by Gasteiger charge is -2.33. The highest BCUT2D eigenvalue weighted by atomic mass is 32.2. The van der Waals surface area contributed by atoms with Crippen LogP contribution in [0.4, 0.5) is 0 Å². The van der Waals surface area contributed by atoms with Crippen molar-refractivity contribution < 1.29 is 23.1 Å². The summed E-state index contributed by atoms with van der Waals surface area (Å²) in [6.07, 6.45) is 0.155. The van der Waals surface area contributed by atoms with E-state index in [1.54, 1.807) is 12.1 Å². The van der Waals surface area contributed by atoms with Gasteiger partial charge < -0.3 is 9.84 Å². The molecule has 1 N–H and O–H groups in total. The third kappa shape index (κ3) is 3.38. The van der Waals surface area contributed by atoms with Crippen LogP contribution in [-0.4, -0.2) is 36.4 Å². The minimum atomic E-state index is -3.93. The Bertz CT molecular complexity index is 877. The van der Waals surface area contributed by atoms with Crippen molar-refractivity contribution >= 4 is 16.0 Å². The van der Waals surface area contributed by atoms with Gasteiger partial charge in [0.2, 0.25) is 10.0 Å². The summed E-state index contributed by atoms with van der Waals surface area (Å²) < 4.78 is 32.4. The summed E-state index contributed by atoms with van der Waals surface area (Å²) in [7, 11) is -3.93. The molecule has 0 spiro atoms. The van der Waals surface area contributed by atoms with Crippen LogP contribution in [-0.2, 0) is 27.8 Å². The fourth-order valence-corrected chi connectivity index (χ4v) is 4.53. The van der Waals surface area contributed by atoms with E-state index in [9.17, 15) is 18.3 Å². The number of carboxylic acid groups (broad SMARTS) is 1. The number of benzene rings is 2. The number of rotatable bonds is 5. The van der Waals surface area contributed by atoms with Crippen LogP contribution in [0.5, 0.6) is 5.75 Å². The Morgan fingerprint density at radius 1 is 1.16 bits per heavy atom. The van der Waals surface area contributed by atoms with Crippen LogP contribution in [0.2, 0.25) is 0 Å². The molecule has 0 unspecified atom stereocenters. The predicted octanol–water partition coefficient (Wildman–Crippen LogP) is 2.29. The summed E-state index contributed by atoms with van der Waals surface area (Å²) in [5.74, 6) is -0.579. The molecule has 0 amide bonds. The number of aliphatic carboxylic acids is 1. The second-order valence-corrected chi connectivity index (χ2v) is 7.67. The first-order chi connectivity index (χ1) is 11.9.